The fourth-order valence-electron chi connectivity index (χ4n) is 2.62. The molecule has 146 valence electrons. The Morgan fingerprint density at radius 2 is 1.46 bits per heavy atom. The lowest BCUT2D eigenvalue weighted by molar-refractivity contribution is -0.134. The van der Waals surface area contributed by atoms with Crippen LogP contribution in [0.15, 0.2) is 53.6 Å². The van der Waals surface area contributed by atoms with Gasteiger partial charge in [0.25, 0.3) is 0 Å². The second kappa shape index (κ2) is 9.41. The number of allylic oxidation sites excluding steroid dienone is 1. The number of rotatable bonds is 8. The molecule has 0 fully saturated rings. The third-order valence-corrected chi connectivity index (χ3v) is 4.06. The van der Waals surface area contributed by atoms with Gasteiger partial charge in [0, 0.05) is 12.1 Å². The lowest BCUT2D eigenvalue weighted by atomic mass is 9.99. The highest BCUT2D eigenvalue weighted by molar-refractivity contribution is 6.27. The van der Waals surface area contributed by atoms with Crippen LogP contribution in [0.25, 0.3) is 12.2 Å². The van der Waals surface area contributed by atoms with Crippen molar-refractivity contribution in [1.82, 2.24) is 0 Å². The van der Waals surface area contributed by atoms with Crippen molar-refractivity contribution in [2.45, 2.75) is 6.92 Å². The van der Waals surface area contributed by atoms with Gasteiger partial charge in [0.2, 0.25) is 0 Å². The maximum atomic E-state index is 12.8. The Bertz CT molecular complexity index is 900. The Morgan fingerprint density at radius 1 is 0.893 bits per heavy atom. The van der Waals surface area contributed by atoms with Crippen LogP contribution in [-0.2, 0) is 9.59 Å². The molecule has 0 bridgehead atoms. The number of ketones is 1. The Balaban J connectivity index is 2.55. The Kier molecular flexibility index (Phi) is 6.98. The maximum absolute atomic E-state index is 12.8. The number of hydrogen-bond acceptors (Lipinski definition) is 5. The zero-order valence-corrected chi connectivity index (χ0v) is 16.2. The molecule has 0 heterocycles. The van der Waals surface area contributed by atoms with E-state index in [1.54, 1.807) is 25.1 Å². The van der Waals surface area contributed by atoms with Gasteiger partial charge in [0.15, 0.2) is 5.78 Å². The largest absolute Gasteiger partial charge is 0.496 e. The number of benzene rings is 2. The van der Waals surface area contributed by atoms with Crippen molar-refractivity contribution in [3.63, 3.8) is 0 Å². The van der Waals surface area contributed by atoms with Crippen LogP contribution in [0, 0.1) is 0 Å². The van der Waals surface area contributed by atoms with Gasteiger partial charge >= 0.3 is 5.97 Å². The highest BCUT2D eigenvalue weighted by atomic mass is 16.5. The van der Waals surface area contributed by atoms with Gasteiger partial charge in [-0.25, -0.2) is 4.79 Å². The average Bonchev–Trinajstić information content (AvgIpc) is 2.71. The van der Waals surface area contributed by atoms with E-state index in [0.717, 1.165) is 5.56 Å². The summed E-state index contributed by atoms with van der Waals surface area (Å²) in [5.74, 6) is -0.809. The molecule has 2 aromatic rings. The topological polar surface area (TPSA) is 82.1 Å². The second-order valence-electron chi connectivity index (χ2n) is 5.88. The van der Waals surface area contributed by atoms with Crippen LogP contribution in [-0.4, -0.2) is 38.2 Å². The first kappa shape index (κ1) is 20.8. The molecule has 2 rings (SSSR count). The summed E-state index contributed by atoms with van der Waals surface area (Å²) in [5.41, 5.74) is 1.04. The number of aliphatic carboxylic acids is 1. The van der Waals surface area contributed by atoms with E-state index in [0.29, 0.717) is 28.4 Å². The molecule has 0 aliphatic heterocycles. The predicted molar refractivity (Wildman–Crippen MR) is 107 cm³/mol. The number of carboxylic acid groups (broad SMARTS) is 1. The van der Waals surface area contributed by atoms with Crippen molar-refractivity contribution >= 4 is 23.9 Å². The van der Waals surface area contributed by atoms with Gasteiger partial charge in [-0.3, -0.25) is 4.79 Å². The summed E-state index contributed by atoms with van der Waals surface area (Å²) >= 11 is 0. The van der Waals surface area contributed by atoms with Crippen molar-refractivity contribution < 1.29 is 28.9 Å². The first-order chi connectivity index (χ1) is 13.4. The minimum absolute atomic E-state index is 0.297. The zero-order chi connectivity index (χ0) is 20.7. The third-order valence-electron chi connectivity index (χ3n) is 4.06. The lowest BCUT2D eigenvalue weighted by Crippen LogP contribution is -2.13. The highest BCUT2D eigenvalue weighted by Gasteiger charge is 2.22. The molecule has 0 saturated heterocycles. The summed E-state index contributed by atoms with van der Waals surface area (Å²) in [6, 6.07) is 12.4. The van der Waals surface area contributed by atoms with Crippen LogP contribution in [0.5, 0.6) is 17.2 Å². The standard InChI is InChI=1S/C22H22O6/c1-14(10-15-8-6-5-7-9-15)21(23)18(22(24)25)13-17-19(27-3)11-16(26-2)12-20(17)28-4/h5-13H,1-4H3,(H,24,25)/b14-10+,18-13-. The van der Waals surface area contributed by atoms with E-state index in [4.69, 9.17) is 14.2 Å². The fourth-order valence-corrected chi connectivity index (χ4v) is 2.62. The Hall–Kier alpha value is -3.54. The minimum atomic E-state index is -1.34. The summed E-state index contributed by atoms with van der Waals surface area (Å²) in [5, 5.41) is 9.63. The molecule has 0 radical (unpaired) electrons. The number of ether oxygens (including phenoxy) is 3. The number of hydrogen-bond donors (Lipinski definition) is 1. The van der Waals surface area contributed by atoms with Crippen LogP contribution in [0.4, 0.5) is 0 Å². The van der Waals surface area contributed by atoms with Crippen LogP contribution < -0.4 is 14.2 Å². The predicted octanol–water partition coefficient (Wildman–Crippen LogP) is 3.85. The van der Waals surface area contributed by atoms with E-state index in [9.17, 15) is 14.7 Å². The molecule has 6 heteroatoms. The number of carbonyl (C=O) groups excluding carboxylic acids is 1. The van der Waals surface area contributed by atoms with Gasteiger partial charge in [-0.15, -0.1) is 0 Å². The molecule has 0 aliphatic carbocycles. The molecular weight excluding hydrogens is 360 g/mol. The molecule has 0 spiro atoms. The summed E-state index contributed by atoms with van der Waals surface area (Å²) in [6.45, 7) is 1.58. The van der Waals surface area contributed by atoms with Gasteiger partial charge in [0.1, 0.15) is 22.8 Å². The van der Waals surface area contributed by atoms with Crippen LogP contribution >= 0.6 is 0 Å². The van der Waals surface area contributed by atoms with Crippen molar-refractivity contribution in [3.8, 4) is 17.2 Å². The number of Topliss-reactive ketones (excluding diaryl/α,β-unsaturated/α-hetero) is 1. The van der Waals surface area contributed by atoms with E-state index in [2.05, 4.69) is 0 Å². The summed E-state index contributed by atoms with van der Waals surface area (Å²) in [6.07, 6.45) is 2.89. The average molecular weight is 382 g/mol. The summed E-state index contributed by atoms with van der Waals surface area (Å²) in [4.78, 5) is 24.6. The molecule has 6 nitrogen and oxygen atoms in total. The van der Waals surface area contributed by atoms with Crippen LogP contribution in [0.1, 0.15) is 18.1 Å². The summed E-state index contributed by atoms with van der Waals surface area (Å²) < 4.78 is 15.8. The van der Waals surface area contributed by atoms with Crippen molar-refractivity contribution in [1.29, 1.82) is 0 Å². The van der Waals surface area contributed by atoms with E-state index >= 15 is 0 Å². The van der Waals surface area contributed by atoms with Gasteiger partial charge < -0.3 is 19.3 Å². The molecule has 0 amide bonds. The molecule has 28 heavy (non-hydrogen) atoms. The molecule has 0 aromatic heterocycles. The van der Waals surface area contributed by atoms with Gasteiger partial charge in [0.05, 0.1) is 26.9 Å². The first-order valence-corrected chi connectivity index (χ1v) is 8.44. The molecular formula is C22H22O6. The van der Waals surface area contributed by atoms with Crippen LogP contribution in [0.3, 0.4) is 0 Å². The number of methoxy groups -OCH3 is 3. The molecule has 0 unspecified atom stereocenters. The van der Waals surface area contributed by atoms with Gasteiger partial charge in [-0.05, 0) is 30.2 Å². The first-order valence-electron chi connectivity index (χ1n) is 8.44. The molecule has 0 aliphatic rings. The van der Waals surface area contributed by atoms with Crippen molar-refractivity contribution in [2.24, 2.45) is 0 Å². The summed E-state index contributed by atoms with van der Waals surface area (Å²) in [7, 11) is 4.37. The third kappa shape index (κ3) is 4.79. The van der Waals surface area contributed by atoms with Gasteiger partial charge in [-0.2, -0.15) is 0 Å². The second-order valence-corrected chi connectivity index (χ2v) is 5.88. The Labute approximate surface area is 163 Å². The molecule has 0 saturated carbocycles. The van der Waals surface area contributed by atoms with Crippen LogP contribution in [0.2, 0.25) is 0 Å². The van der Waals surface area contributed by atoms with Gasteiger partial charge in [-0.1, -0.05) is 30.3 Å². The smallest absolute Gasteiger partial charge is 0.339 e. The van der Waals surface area contributed by atoms with E-state index in [1.807, 2.05) is 30.3 Å². The molecule has 0 atom stereocenters. The normalized spacial score (nSPS) is 11.7. The highest BCUT2D eigenvalue weighted by Crippen LogP contribution is 2.36. The SMILES string of the molecule is COc1cc(OC)c(/C=C(\C(=O)O)C(=O)/C(C)=C/c2ccccc2)c(OC)c1. The maximum Gasteiger partial charge on any atom is 0.339 e. The van der Waals surface area contributed by atoms with E-state index < -0.39 is 17.3 Å². The van der Waals surface area contributed by atoms with Crippen molar-refractivity contribution in [2.75, 3.05) is 21.3 Å². The zero-order valence-electron chi connectivity index (χ0n) is 16.2. The van der Waals surface area contributed by atoms with E-state index in [1.165, 1.54) is 27.4 Å². The number of carboxylic acids is 1. The van der Waals surface area contributed by atoms with E-state index in [-0.39, 0.29) is 0 Å². The fraction of sp³-hybridized carbons (Fsp3) is 0.182. The minimum Gasteiger partial charge on any atom is -0.496 e. The Morgan fingerprint density at radius 3 is 1.93 bits per heavy atom. The quantitative estimate of drug-likeness (QED) is 0.424. The molecule has 1 N–H and O–H groups in total. The van der Waals surface area contributed by atoms with Crippen molar-refractivity contribution in [3.05, 3.63) is 64.7 Å². The number of carbonyl (C=O) groups is 2. The lowest BCUT2D eigenvalue weighted by Gasteiger charge is -2.13. The monoisotopic (exact) mass is 382 g/mol. The molecule has 2 aromatic carbocycles.